The van der Waals surface area contributed by atoms with Crippen LogP contribution in [0.5, 0.6) is 0 Å². The molecule has 9 aromatic carbocycles. The summed E-state index contributed by atoms with van der Waals surface area (Å²) in [5.74, 6) is 0. The Morgan fingerprint density at radius 3 is 1.47 bits per heavy atom. The van der Waals surface area contributed by atoms with Crippen LogP contribution in [0, 0.1) is 0 Å². The average Bonchev–Trinajstić information content (AvgIpc) is 1.63. The fourth-order valence-corrected chi connectivity index (χ4v) is 15.6. The van der Waals surface area contributed by atoms with Gasteiger partial charge < -0.3 is 23.4 Å². The maximum absolute atomic E-state index is 7.83. The van der Waals surface area contributed by atoms with Gasteiger partial charge in [0.1, 0.15) is 16.8 Å². The molecule has 15 rings (SSSR count). The van der Waals surface area contributed by atoms with Gasteiger partial charge in [-0.2, -0.15) is 0 Å². The van der Waals surface area contributed by atoms with Gasteiger partial charge >= 0.3 is 6.85 Å². The summed E-state index contributed by atoms with van der Waals surface area (Å²) >= 11 is 0. The molecule has 2 aromatic heterocycles. The zero-order chi connectivity index (χ0) is 62.6. The zero-order valence-corrected chi connectivity index (χ0v) is 55.8. The molecule has 4 aliphatic rings. The lowest BCUT2D eigenvalue weighted by atomic mass is 9.45. The van der Waals surface area contributed by atoms with E-state index in [1.54, 1.807) is 0 Å². The van der Waals surface area contributed by atoms with Crippen molar-refractivity contribution in [1.29, 1.82) is 0 Å². The molecule has 0 bridgehead atoms. The van der Waals surface area contributed by atoms with E-state index in [4.69, 9.17) is 8.83 Å². The van der Waals surface area contributed by atoms with Crippen LogP contribution < -0.4 is 25.7 Å². The quantitative estimate of drug-likeness (QED) is 0.161. The lowest BCUT2D eigenvalue weighted by molar-refractivity contribution is 0.332. The number of hydrogen-bond acceptors (Lipinski definition) is 5. The third-order valence-corrected chi connectivity index (χ3v) is 21.1. The van der Waals surface area contributed by atoms with E-state index in [2.05, 4.69) is 309 Å². The van der Waals surface area contributed by atoms with Crippen LogP contribution >= 0.6 is 0 Å². The summed E-state index contributed by atoms with van der Waals surface area (Å²) in [7, 11) is 0. The first-order chi connectivity index (χ1) is 41.9. The summed E-state index contributed by atoms with van der Waals surface area (Å²) in [5, 5.41) is 3.33. The monoisotopic (exact) mass is 1170 g/mol. The highest BCUT2D eigenvalue weighted by atomic mass is 16.3. The largest absolute Gasteiger partial charge is 0.466 e. The van der Waals surface area contributed by atoms with Gasteiger partial charge in [-0.05, 0) is 209 Å². The molecule has 0 spiro atoms. The van der Waals surface area contributed by atoms with Crippen molar-refractivity contribution in [3.05, 3.63) is 214 Å². The highest BCUT2D eigenvalue weighted by Gasteiger charge is 2.52. The van der Waals surface area contributed by atoms with Gasteiger partial charge in [-0.25, -0.2) is 0 Å². The van der Waals surface area contributed by atoms with Crippen LogP contribution in [0.25, 0.3) is 55.2 Å². The number of hydrogen-bond donors (Lipinski definition) is 0. The first kappa shape index (κ1) is 57.2. The summed E-state index contributed by atoms with van der Waals surface area (Å²) in [4.78, 5) is 7.64. The number of benzene rings is 9. The minimum absolute atomic E-state index is 0.0186. The SMILES string of the molecule is CC(C)(C)c1ccc(N2B3c4oc5cc6c(cc5c4N(c4ccc(C(C)(C)C)cc4)c4c3c(cc3c4oc4ccccc43)-c3cc4c(cc32)C(C)(C)c2ccc(N(c3ccc(C(C)(C)C)cc3)c3ccc(C(C)(C)C)cc3)cc2-4)C(C)(C)CCC6(C)C)cc1. The molecule has 0 saturated heterocycles. The molecule has 0 fully saturated rings. The first-order valence-electron chi connectivity index (χ1n) is 32.6. The van der Waals surface area contributed by atoms with Gasteiger partial charge in [0.15, 0.2) is 5.58 Å². The molecule has 5 nitrogen and oxygen atoms in total. The predicted octanol–water partition coefficient (Wildman–Crippen LogP) is 22.4. The van der Waals surface area contributed by atoms with Crippen molar-refractivity contribution in [2.45, 2.75) is 175 Å². The summed E-state index contributed by atoms with van der Waals surface area (Å²) in [6.07, 6.45) is 2.23. The Balaban J connectivity index is 1.04. The Morgan fingerprint density at radius 1 is 0.404 bits per heavy atom. The van der Waals surface area contributed by atoms with Crippen molar-refractivity contribution < 1.29 is 8.83 Å². The van der Waals surface area contributed by atoms with Crippen LogP contribution in [0.2, 0.25) is 0 Å². The molecule has 0 amide bonds. The van der Waals surface area contributed by atoms with Crippen molar-refractivity contribution >= 4 is 96.4 Å². The zero-order valence-electron chi connectivity index (χ0n) is 55.8. The molecular weight excluding hydrogens is 1080 g/mol. The molecule has 2 aliphatic heterocycles. The standard InChI is InChI=1S/C83H86BN3O2/c1-77(2,3)49-23-31-53(32-24-49)85(54-33-25-50(26-34-54)78(4,5)6)57-39-40-65-59(43-57)60-44-61-62-45-63-58-21-19-20-22-70(58)88-75(63)74-72(62)84(87(69(61)47-66(60)83(65,17)18)56-37-29-52(30-38-56)80(10,11)12)76-73(86(74)55-35-27-51(28-36-55)79(7,8)9)64-46-67-68(48-71(64)89-76)82(15,16)42-41-81(67,13)14/h19-40,43-48H,41-42H2,1-18H3. The second-order valence-electron chi connectivity index (χ2n) is 32.5. The average molecular weight is 1170 g/mol. The van der Waals surface area contributed by atoms with E-state index in [0.717, 1.165) is 91.2 Å². The van der Waals surface area contributed by atoms with Gasteiger partial charge in [0, 0.05) is 61.3 Å². The minimum atomic E-state index is -0.379. The van der Waals surface area contributed by atoms with E-state index < -0.39 is 0 Å². The van der Waals surface area contributed by atoms with E-state index in [1.807, 2.05) is 0 Å². The highest BCUT2D eigenvalue weighted by molar-refractivity contribution is 6.93. The van der Waals surface area contributed by atoms with E-state index in [-0.39, 0.29) is 44.8 Å². The first-order valence-corrected chi connectivity index (χ1v) is 32.6. The summed E-state index contributed by atoms with van der Waals surface area (Å²) in [6.45, 7) is 41.8. The van der Waals surface area contributed by atoms with E-state index in [9.17, 15) is 0 Å². The summed E-state index contributed by atoms with van der Waals surface area (Å²) in [6, 6.07) is 65.7. The van der Waals surface area contributed by atoms with Gasteiger partial charge in [0.25, 0.3) is 0 Å². The lowest BCUT2D eigenvalue weighted by Gasteiger charge is -2.44. The molecule has 0 unspecified atom stereocenters. The third kappa shape index (κ3) is 8.76. The number of anilines is 8. The van der Waals surface area contributed by atoms with Gasteiger partial charge in [-0.3, -0.25) is 0 Å². The molecule has 11 aromatic rings. The maximum atomic E-state index is 7.83. The second kappa shape index (κ2) is 18.9. The number of para-hydroxylation sites is 1. The van der Waals surface area contributed by atoms with Gasteiger partial charge in [0.05, 0.1) is 11.4 Å². The number of rotatable bonds is 5. The summed E-state index contributed by atoms with van der Waals surface area (Å²) in [5.41, 5.74) is 28.8. The van der Waals surface area contributed by atoms with Crippen LogP contribution in [-0.4, -0.2) is 6.85 Å². The molecule has 0 N–H and O–H groups in total. The molecule has 2 aliphatic carbocycles. The van der Waals surface area contributed by atoms with E-state index >= 15 is 0 Å². The maximum Gasteiger partial charge on any atom is 0.376 e. The van der Waals surface area contributed by atoms with Crippen molar-refractivity contribution in [2.75, 3.05) is 14.6 Å². The van der Waals surface area contributed by atoms with Crippen LogP contribution in [0.15, 0.2) is 179 Å². The van der Waals surface area contributed by atoms with Gasteiger partial charge in [-0.15, -0.1) is 0 Å². The second-order valence-corrected chi connectivity index (χ2v) is 32.5. The molecule has 448 valence electrons. The Labute approximate surface area is 528 Å². The van der Waals surface area contributed by atoms with Crippen LogP contribution in [0.3, 0.4) is 0 Å². The van der Waals surface area contributed by atoms with Crippen LogP contribution in [0.4, 0.5) is 45.5 Å². The number of furan rings is 2. The van der Waals surface area contributed by atoms with Crippen LogP contribution in [-0.2, 0) is 37.9 Å². The van der Waals surface area contributed by atoms with Crippen molar-refractivity contribution in [1.82, 2.24) is 0 Å². The molecule has 0 radical (unpaired) electrons. The van der Waals surface area contributed by atoms with E-state index in [1.165, 1.54) is 77.9 Å². The Morgan fingerprint density at radius 2 is 0.910 bits per heavy atom. The van der Waals surface area contributed by atoms with Crippen molar-refractivity contribution in [3.63, 3.8) is 0 Å². The third-order valence-electron chi connectivity index (χ3n) is 21.1. The number of fused-ring (bicyclic) bond motifs is 14. The molecular formula is C83H86BN3O2. The Bertz CT molecular complexity index is 4660. The molecule has 89 heavy (non-hydrogen) atoms. The summed E-state index contributed by atoms with van der Waals surface area (Å²) < 4.78 is 15.2. The minimum Gasteiger partial charge on any atom is -0.466 e. The Kier molecular flexibility index (Phi) is 12.2. The molecule has 0 saturated carbocycles. The predicted molar refractivity (Wildman–Crippen MR) is 380 cm³/mol. The smallest absolute Gasteiger partial charge is 0.376 e. The highest BCUT2D eigenvalue weighted by Crippen LogP contribution is 2.59. The van der Waals surface area contributed by atoms with E-state index in [0.29, 0.717) is 0 Å². The molecule has 0 atom stereocenters. The van der Waals surface area contributed by atoms with Crippen molar-refractivity contribution in [2.24, 2.45) is 0 Å². The van der Waals surface area contributed by atoms with Gasteiger partial charge in [0.2, 0.25) is 0 Å². The number of nitrogens with zero attached hydrogens (tertiary/aromatic N) is 3. The molecule has 6 heteroatoms. The Hall–Kier alpha value is -8.22. The van der Waals surface area contributed by atoms with Crippen LogP contribution in [0.1, 0.15) is 182 Å². The normalized spacial score (nSPS) is 16.3. The van der Waals surface area contributed by atoms with Gasteiger partial charge in [-0.1, -0.05) is 197 Å². The fraction of sp³-hybridized carbons (Fsp3) is 0.325. The fourth-order valence-electron chi connectivity index (χ4n) is 15.6. The molecule has 4 heterocycles. The topological polar surface area (TPSA) is 36.0 Å². The van der Waals surface area contributed by atoms with Crippen molar-refractivity contribution in [3.8, 4) is 22.3 Å². The lowest BCUT2D eigenvalue weighted by Crippen LogP contribution is -2.61.